The number of para-hydroxylation sites is 1. The fourth-order valence-corrected chi connectivity index (χ4v) is 3.38. The summed E-state index contributed by atoms with van der Waals surface area (Å²) in [6.07, 6.45) is 3.35. The number of esters is 1. The highest BCUT2D eigenvalue weighted by atomic mass is 16.7. The fourth-order valence-electron chi connectivity index (χ4n) is 3.38. The number of amides is 1. The van der Waals surface area contributed by atoms with Gasteiger partial charge in [-0.05, 0) is 49.2 Å². The number of nitriles is 1. The van der Waals surface area contributed by atoms with Crippen LogP contribution < -0.4 is 16.3 Å². The van der Waals surface area contributed by atoms with E-state index >= 15 is 0 Å². The monoisotopic (exact) mass is 464 g/mol. The Labute approximate surface area is 198 Å². The molecule has 0 bridgehead atoms. The second kappa shape index (κ2) is 11.8. The lowest BCUT2D eigenvalue weighted by Gasteiger charge is -2.24. The molecule has 1 atom stereocenters. The van der Waals surface area contributed by atoms with Crippen LogP contribution in [0.4, 0.5) is 5.69 Å². The van der Waals surface area contributed by atoms with Crippen molar-refractivity contribution in [3.63, 3.8) is 0 Å². The Morgan fingerprint density at radius 2 is 1.91 bits per heavy atom. The van der Waals surface area contributed by atoms with Crippen LogP contribution in [-0.2, 0) is 25.8 Å². The van der Waals surface area contributed by atoms with Crippen LogP contribution in [0.2, 0.25) is 0 Å². The lowest BCUT2D eigenvalue weighted by molar-refractivity contribution is -0.167. The Morgan fingerprint density at radius 3 is 2.62 bits per heavy atom. The molecule has 34 heavy (non-hydrogen) atoms. The molecule has 1 heterocycles. The molecule has 9 nitrogen and oxygen atoms in total. The maximum atomic E-state index is 12.7. The van der Waals surface area contributed by atoms with Gasteiger partial charge in [0.15, 0.2) is 0 Å². The highest BCUT2D eigenvalue weighted by Crippen LogP contribution is 2.26. The maximum absolute atomic E-state index is 12.7. The molecule has 0 aromatic heterocycles. The zero-order valence-corrected chi connectivity index (χ0v) is 19.2. The second-order valence-corrected chi connectivity index (χ2v) is 7.66. The minimum absolute atomic E-state index is 0.0580. The van der Waals surface area contributed by atoms with Crippen molar-refractivity contribution in [1.29, 1.82) is 5.26 Å². The van der Waals surface area contributed by atoms with E-state index in [1.807, 2.05) is 6.92 Å². The molecule has 2 aromatic rings. The lowest BCUT2D eigenvalue weighted by Crippen LogP contribution is -2.46. The molecule has 3 N–H and O–H groups in total. The zero-order valence-electron chi connectivity index (χ0n) is 19.2. The van der Waals surface area contributed by atoms with E-state index in [2.05, 4.69) is 22.3 Å². The molecule has 1 aliphatic heterocycles. The normalized spacial score (nSPS) is 16.7. The molecule has 1 aliphatic rings. The van der Waals surface area contributed by atoms with Crippen LogP contribution in [-0.4, -0.2) is 30.6 Å². The minimum atomic E-state index is -1.35. The highest BCUT2D eigenvalue weighted by Gasteiger charge is 2.44. The van der Waals surface area contributed by atoms with Crippen LogP contribution in [0.15, 0.2) is 60.3 Å². The first-order valence-corrected chi connectivity index (χ1v) is 11.1. The van der Waals surface area contributed by atoms with Crippen molar-refractivity contribution in [3.05, 3.63) is 77.0 Å². The predicted molar refractivity (Wildman–Crippen MR) is 125 cm³/mol. The summed E-state index contributed by atoms with van der Waals surface area (Å²) in [5, 5.41) is 12.0. The quantitative estimate of drug-likeness (QED) is 0.342. The van der Waals surface area contributed by atoms with Gasteiger partial charge in [0, 0.05) is 11.4 Å². The summed E-state index contributed by atoms with van der Waals surface area (Å²) in [7, 11) is 0. The number of nitrogens with one attached hydrogen (secondary N) is 3. The number of allylic oxidation sites excluding steroid dienone is 1. The van der Waals surface area contributed by atoms with Gasteiger partial charge in [-0.1, -0.05) is 37.6 Å². The lowest BCUT2D eigenvalue weighted by atomic mass is 10.0. The molecule has 0 aliphatic carbocycles. The van der Waals surface area contributed by atoms with Crippen LogP contribution in [0.5, 0.6) is 0 Å². The summed E-state index contributed by atoms with van der Waals surface area (Å²) >= 11 is 0. The van der Waals surface area contributed by atoms with Crippen molar-refractivity contribution in [1.82, 2.24) is 11.0 Å². The molecule has 0 fully saturated rings. The standard InChI is InChI=1S/C25H28N4O5/c1-3-7-20-14-25(34-28-20,24(31)32-4-2)17-27-22-9-6-5-8-21(22)23(30)29-33-16-19-12-10-18(15-26)11-13-19/h5-6,8-14,27-28H,3-4,7,16-17H2,1-2H3,(H,29,30). The Morgan fingerprint density at radius 1 is 1.15 bits per heavy atom. The Balaban J connectivity index is 1.66. The maximum Gasteiger partial charge on any atom is 0.347 e. The molecule has 1 amide bonds. The van der Waals surface area contributed by atoms with Gasteiger partial charge >= 0.3 is 5.97 Å². The number of hydrogen-bond acceptors (Lipinski definition) is 8. The van der Waals surface area contributed by atoms with Crippen molar-refractivity contribution in [2.45, 2.75) is 38.9 Å². The smallest absolute Gasteiger partial charge is 0.347 e. The van der Waals surface area contributed by atoms with E-state index in [0.717, 1.165) is 24.1 Å². The van der Waals surface area contributed by atoms with E-state index in [1.165, 1.54) is 0 Å². The largest absolute Gasteiger partial charge is 0.463 e. The molecule has 3 rings (SSSR count). The highest BCUT2D eigenvalue weighted by molar-refractivity contribution is 5.99. The van der Waals surface area contributed by atoms with Crippen LogP contribution >= 0.6 is 0 Å². The molecule has 0 saturated heterocycles. The number of hydrogen-bond donors (Lipinski definition) is 3. The first-order valence-electron chi connectivity index (χ1n) is 11.1. The van der Waals surface area contributed by atoms with E-state index in [4.69, 9.17) is 19.7 Å². The SMILES string of the molecule is CCCC1=CC(CNc2ccccc2C(=O)NOCc2ccc(C#N)cc2)(C(=O)OCC)ON1. The summed E-state index contributed by atoms with van der Waals surface area (Å²) < 4.78 is 5.23. The number of benzene rings is 2. The molecule has 1 unspecified atom stereocenters. The summed E-state index contributed by atoms with van der Waals surface area (Å²) in [6.45, 7) is 4.18. The molecule has 0 spiro atoms. The van der Waals surface area contributed by atoms with Gasteiger partial charge in [-0.15, -0.1) is 0 Å². The van der Waals surface area contributed by atoms with E-state index in [9.17, 15) is 9.59 Å². The van der Waals surface area contributed by atoms with Crippen molar-refractivity contribution < 1.29 is 24.0 Å². The van der Waals surface area contributed by atoms with Gasteiger partial charge in [0.1, 0.15) is 0 Å². The van der Waals surface area contributed by atoms with E-state index in [-0.39, 0.29) is 19.8 Å². The average molecular weight is 465 g/mol. The number of rotatable bonds is 11. The summed E-state index contributed by atoms with van der Waals surface area (Å²) in [5.41, 5.74) is 6.90. The van der Waals surface area contributed by atoms with Crippen molar-refractivity contribution in [2.75, 3.05) is 18.5 Å². The van der Waals surface area contributed by atoms with Crippen LogP contribution in [0.1, 0.15) is 48.2 Å². The van der Waals surface area contributed by atoms with Crippen molar-refractivity contribution in [3.8, 4) is 6.07 Å². The summed E-state index contributed by atoms with van der Waals surface area (Å²) in [4.78, 5) is 36.4. The van der Waals surface area contributed by atoms with Crippen molar-refractivity contribution in [2.24, 2.45) is 0 Å². The first-order chi connectivity index (χ1) is 16.5. The van der Waals surface area contributed by atoms with Gasteiger partial charge < -0.3 is 10.1 Å². The van der Waals surface area contributed by atoms with Gasteiger partial charge in [-0.25, -0.2) is 10.3 Å². The van der Waals surface area contributed by atoms with Gasteiger partial charge in [0.25, 0.3) is 5.91 Å². The van der Waals surface area contributed by atoms with Crippen molar-refractivity contribution >= 4 is 17.6 Å². The topological polar surface area (TPSA) is 122 Å². The average Bonchev–Trinajstić information content (AvgIpc) is 3.28. The molecule has 9 heteroatoms. The van der Waals surface area contributed by atoms with E-state index in [0.29, 0.717) is 16.8 Å². The number of nitrogens with zero attached hydrogens (tertiary/aromatic N) is 1. The van der Waals surface area contributed by atoms with E-state index in [1.54, 1.807) is 61.5 Å². The Kier molecular flexibility index (Phi) is 8.62. The number of hydroxylamine groups is 2. The third kappa shape index (κ3) is 6.13. The first kappa shape index (κ1) is 24.8. The van der Waals surface area contributed by atoms with Gasteiger partial charge in [-0.2, -0.15) is 5.26 Å². The third-order valence-electron chi connectivity index (χ3n) is 5.11. The van der Waals surface area contributed by atoms with Crippen LogP contribution in [0, 0.1) is 11.3 Å². The number of anilines is 1. The number of carbonyl (C=O) groups excluding carboxylic acids is 2. The molecule has 178 valence electrons. The fraction of sp³-hybridized carbons (Fsp3) is 0.320. The minimum Gasteiger partial charge on any atom is -0.463 e. The summed E-state index contributed by atoms with van der Waals surface area (Å²) in [5.74, 6) is -0.969. The van der Waals surface area contributed by atoms with Gasteiger partial charge in [-0.3, -0.25) is 19.9 Å². The van der Waals surface area contributed by atoms with Crippen LogP contribution in [0.25, 0.3) is 0 Å². The predicted octanol–water partition coefficient (Wildman–Crippen LogP) is 3.35. The molecule has 2 aromatic carbocycles. The third-order valence-corrected chi connectivity index (χ3v) is 5.11. The molecule has 0 saturated carbocycles. The van der Waals surface area contributed by atoms with Gasteiger partial charge in [0.05, 0.1) is 37.0 Å². The molecular weight excluding hydrogens is 436 g/mol. The Bertz CT molecular complexity index is 1080. The Hall–Kier alpha value is -3.87. The number of ether oxygens (including phenoxy) is 1. The molecular formula is C25H28N4O5. The second-order valence-electron chi connectivity index (χ2n) is 7.66. The number of carbonyl (C=O) groups is 2. The summed E-state index contributed by atoms with van der Waals surface area (Å²) in [6, 6.07) is 15.8. The molecule has 0 radical (unpaired) electrons. The van der Waals surface area contributed by atoms with E-state index < -0.39 is 17.5 Å². The van der Waals surface area contributed by atoms with Gasteiger partial charge in [0.2, 0.25) is 5.60 Å². The van der Waals surface area contributed by atoms with Crippen LogP contribution in [0.3, 0.4) is 0 Å². The zero-order chi connectivity index (χ0) is 24.4.